The number of ketones is 1. The number of anilines is 1. The van der Waals surface area contributed by atoms with Gasteiger partial charge in [0.2, 0.25) is 5.91 Å². The maximum absolute atomic E-state index is 12.7. The highest BCUT2D eigenvalue weighted by molar-refractivity contribution is 7.99. The van der Waals surface area contributed by atoms with Crippen molar-refractivity contribution < 1.29 is 9.59 Å². The molecule has 8 heteroatoms. The molecule has 0 aliphatic carbocycles. The van der Waals surface area contributed by atoms with Crippen LogP contribution in [0, 0.1) is 0 Å². The maximum atomic E-state index is 12.7. The third kappa shape index (κ3) is 4.02. The third-order valence-corrected chi connectivity index (χ3v) is 5.99. The largest absolute Gasteiger partial charge is 0.343 e. The molecule has 4 rings (SSSR count). The summed E-state index contributed by atoms with van der Waals surface area (Å²) >= 11 is 1.23. The van der Waals surface area contributed by atoms with Crippen LogP contribution in [0.1, 0.15) is 34.3 Å². The second-order valence-corrected chi connectivity index (χ2v) is 7.87. The summed E-state index contributed by atoms with van der Waals surface area (Å²) in [4.78, 5) is 36.5. The SMILES string of the molecule is C[C@H]1C(=O)Nc2ccc(C(=O)CSc3n[nH]c(=O)n3CCc3ccccc3)cc21. The van der Waals surface area contributed by atoms with Gasteiger partial charge in [-0.1, -0.05) is 42.1 Å². The van der Waals surface area contributed by atoms with Gasteiger partial charge in [0, 0.05) is 17.8 Å². The molecule has 0 saturated carbocycles. The molecule has 0 bridgehead atoms. The molecule has 0 unspecified atom stereocenters. The number of nitrogens with zero attached hydrogens (tertiary/aromatic N) is 2. The van der Waals surface area contributed by atoms with Crippen LogP contribution in [0.4, 0.5) is 5.69 Å². The summed E-state index contributed by atoms with van der Waals surface area (Å²) in [6.45, 7) is 2.30. The zero-order valence-corrected chi connectivity index (χ0v) is 16.7. The van der Waals surface area contributed by atoms with Gasteiger partial charge in [-0.15, -0.1) is 5.10 Å². The Morgan fingerprint density at radius 3 is 2.76 bits per heavy atom. The zero-order chi connectivity index (χ0) is 20.4. The lowest BCUT2D eigenvalue weighted by Crippen LogP contribution is -2.19. The Morgan fingerprint density at radius 2 is 1.97 bits per heavy atom. The lowest BCUT2D eigenvalue weighted by Gasteiger charge is -2.07. The lowest BCUT2D eigenvalue weighted by atomic mass is 9.99. The van der Waals surface area contributed by atoms with E-state index in [4.69, 9.17) is 0 Å². The van der Waals surface area contributed by atoms with Gasteiger partial charge in [-0.3, -0.25) is 14.2 Å². The summed E-state index contributed by atoms with van der Waals surface area (Å²) in [5.41, 5.74) is 2.99. The molecule has 29 heavy (non-hydrogen) atoms. The van der Waals surface area contributed by atoms with Crippen LogP contribution in [0.3, 0.4) is 0 Å². The van der Waals surface area contributed by atoms with Crippen LogP contribution in [0.15, 0.2) is 58.5 Å². The van der Waals surface area contributed by atoms with Crippen molar-refractivity contribution in [1.29, 1.82) is 0 Å². The van der Waals surface area contributed by atoms with Gasteiger partial charge in [-0.05, 0) is 42.7 Å². The summed E-state index contributed by atoms with van der Waals surface area (Å²) in [5, 5.41) is 9.81. The average Bonchev–Trinajstić information content (AvgIpc) is 3.23. The van der Waals surface area contributed by atoms with Gasteiger partial charge < -0.3 is 5.32 Å². The first-order valence-electron chi connectivity index (χ1n) is 9.33. The Bertz CT molecular complexity index is 1120. The van der Waals surface area contributed by atoms with Crippen LogP contribution in [-0.4, -0.2) is 32.2 Å². The number of aromatic nitrogens is 3. The van der Waals surface area contributed by atoms with Crippen molar-refractivity contribution >= 4 is 29.1 Å². The number of H-pyrrole nitrogens is 1. The molecule has 0 saturated heterocycles. The smallest absolute Gasteiger partial charge is 0.325 e. The van der Waals surface area contributed by atoms with Gasteiger partial charge in [0.15, 0.2) is 10.9 Å². The Balaban J connectivity index is 1.43. The van der Waals surface area contributed by atoms with Crippen LogP contribution >= 0.6 is 11.8 Å². The van der Waals surface area contributed by atoms with Crippen molar-refractivity contribution in [3.05, 3.63) is 75.7 Å². The number of benzene rings is 2. The van der Waals surface area contributed by atoms with Crippen molar-refractivity contribution in [2.24, 2.45) is 0 Å². The predicted molar refractivity (Wildman–Crippen MR) is 112 cm³/mol. The second kappa shape index (κ2) is 8.08. The Labute approximate surface area is 171 Å². The highest BCUT2D eigenvalue weighted by Gasteiger charge is 2.27. The fourth-order valence-corrected chi connectivity index (χ4v) is 4.17. The molecule has 2 N–H and O–H groups in total. The quantitative estimate of drug-likeness (QED) is 0.463. The van der Waals surface area contributed by atoms with Crippen molar-refractivity contribution in [3.8, 4) is 0 Å². The van der Waals surface area contributed by atoms with E-state index in [1.807, 2.05) is 37.3 Å². The Kier molecular flexibility index (Phi) is 5.35. The van der Waals surface area contributed by atoms with Crippen LogP contribution in [0.2, 0.25) is 0 Å². The van der Waals surface area contributed by atoms with E-state index in [9.17, 15) is 14.4 Å². The molecule has 0 radical (unpaired) electrons. The van der Waals surface area contributed by atoms with Crippen molar-refractivity contribution in [1.82, 2.24) is 14.8 Å². The van der Waals surface area contributed by atoms with Crippen molar-refractivity contribution in [2.45, 2.75) is 31.0 Å². The molecule has 0 fully saturated rings. The van der Waals surface area contributed by atoms with E-state index in [1.165, 1.54) is 11.8 Å². The normalized spacial score (nSPS) is 15.2. The number of aryl methyl sites for hydroxylation is 1. The molecule has 2 aromatic carbocycles. The molecule has 3 aromatic rings. The van der Waals surface area contributed by atoms with E-state index in [2.05, 4.69) is 15.5 Å². The molecule has 2 heterocycles. The molecule has 1 aliphatic heterocycles. The molecule has 148 valence electrons. The number of Topliss-reactive ketones (excluding diaryl/α,β-unsaturated/α-hetero) is 1. The number of aromatic amines is 1. The van der Waals surface area contributed by atoms with Crippen LogP contribution in [0.5, 0.6) is 0 Å². The molecule has 1 atom stereocenters. The number of amides is 1. The van der Waals surface area contributed by atoms with Gasteiger partial charge in [0.05, 0.1) is 11.7 Å². The van der Waals surface area contributed by atoms with E-state index in [0.717, 1.165) is 16.8 Å². The van der Waals surface area contributed by atoms with E-state index in [0.29, 0.717) is 23.7 Å². The highest BCUT2D eigenvalue weighted by Crippen LogP contribution is 2.33. The molecule has 1 aliphatic rings. The number of thioether (sulfide) groups is 1. The number of nitrogens with one attached hydrogen (secondary N) is 2. The van der Waals surface area contributed by atoms with Gasteiger partial charge >= 0.3 is 5.69 Å². The van der Waals surface area contributed by atoms with Crippen molar-refractivity contribution in [2.75, 3.05) is 11.1 Å². The monoisotopic (exact) mass is 408 g/mol. The minimum atomic E-state index is -0.285. The van der Waals surface area contributed by atoms with E-state index < -0.39 is 0 Å². The summed E-state index contributed by atoms with van der Waals surface area (Å²) in [5.74, 6) is -0.239. The zero-order valence-electron chi connectivity index (χ0n) is 15.8. The third-order valence-electron chi connectivity index (χ3n) is 5.01. The topological polar surface area (TPSA) is 96.8 Å². The number of rotatable bonds is 7. The highest BCUT2D eigenvalue weighted by atomic mass is 32.2. The van der Waals surface area contributed by atoms with Gasteiger partial charge in [-0.2, -0.15) is 0 Å². The average molecular weight is 408 g/mol. The molecule has 1 amide bonds. The van der Waals surface area contributed by atoms with Gasteiger partial charge in [0.25, 0.3) is 0 Å². The predicted octanol–water partition coefficient (Wildman–Crippen LogP) is 2.84. The minimum absolute atomic E-state index is 0.0575. The van der Waals surface area contributed by atoms with Crippen LogP contribution in [0.25, 0.3) is 0 Å². The number of hydrogen-bond acceptors (Lipinski definition) is 5. The number of carbonyl (C=O) groups excluding carboxylic acids is 2. The first-order chi connectivity index (χ1) is 14.0. The molecular formula is C21H20N4O3S. The van der Waals surface area contributed by atoms with Crippen molar-refractivity contribution in [3.63, 3.8) is 0 Å². The Morgan fingerprint density at radius 1 is 1.17 bits per heavy atom. The first kappa shape index (κ1) is 19.2. The summed E-state index contributed by atoms with van der Waals surface area (Å²) in [6.07, 6.45) is 0.700. The van der Waals surface area contributed by atoms with E-state index >= 15 is 0 Å². The fraction of sp³-hybridized carbons (Fsp3) is 0.238. The summed E-state index contributed by atoms with van der Waals surface area (Å²) in [7, 11) is 0. The lowest BCUT2D eigenvalue weighted by molar-refractivity contribution is -0.116. The van der Waals surface area contributed by atoms with E-state index in [-0.39, 0.29) is 29.1 Å². The Hall–Kier alpha value is -3.13. The minimum Gasteiger partial charge on any atom is -0.325 e. The number of fused-ring (bicyclic) bond motifs is 1. The first-order valence-corrected chi connectivity index (χ1v) is 10.3. The number of carbonyl (C=O) groups is 2. The van der Waals surface area contributed by atoms with Gasteiger partial charge in [0.1, 0.15) is 0 Å². The van der Waals surface area contributed by atoms with Crippen LogP contribution in [-0.2, 0) is 17.8 Å². The summed E-state index contributed by atoms with van der Waals surface area (Å²) in [6, 6.07) is 15.1. The maximum Gasteiger partial charge on any atom is 0.343 e. The van der Waals surface area contributed by atoms with Crippen LogP contribution < -0.4 is 11.0 Å². The fourth-order valence-electron chi connectivity index (χ4n) is 3.30. The molecule has 7 nitrogen and oxygen atoms in total. The molecular weight excluding hydrogens is 388 g/mol. The second-order valence-electron chi connectivity index (χ2n) is 6.92. The standard InChI is InChI=1S/C21H20N4O3S/c1-13-16-11-15(7-8-17(16)22-19(13)27)18(26)12-29-21-24-23-20(28)25(21)10-9-14-5-3-2-4-6-14/h2-8,11,13H,9-10,12H2,1H3,(H,22,27)(H,23,28)/t13-/m1/s1. The molecule has 0 spiro atoms. The van der Waals surface area contributed by atoms with E-state index in [1.54, 1.807) is 22.8 Å². The molecule has 1 aromatic heterocycles. The number of hydrogen-bond donors (Lipinski definition) is 2. The van der Waals surface area contributed by atoms with Gasteiger partial charge in [-0.25, -0.2) is 9.89 Å². The summed E-state index contributed by atoms with van der Waals surface area (Å²) < 4.78 is 1.55.